The molecule has 2 amide bonds. The molecule has 0 radical (unpaired) electrons. The lowest BCUT2D eigenvalue weighted by Gasteiger charge is -2.13. The highest BCUT2D eigenvalue weighted by atomic mass is 16.2. The number of aryl methyl sites for hydroxylation is 1. The van der Waals surface area contributed by atoms with E-state index >= 15 is 0 Å². The van der Waals surface area contributed by atoms with Crippen LogP contribution in [0.2, 0.25) is 0 Å². The number of carbonyl (C=O) groups excluding carboxylic acids is 2. The molecule has 24 heavy (non-hydrogen) atoms. The second kappa shape index (κ2) is 8.72. The molecule has 0 saturated heterocycles. The van der Waals surface area contributed by atoms with Gasteiger partial charge in [0.25, 0.3) is 0 Å². The molecule has 2 N–H and O–H groups in total. The molecule has 0 aromatic heterocycles. The van der Waals surface area contributed by atoms with E-state index in [0.29, 0.717) is 12.2 Å². The first-order chi connectivity index (χ1) is 11.6. The third kappa shape index (κ3) is 5.43. The summed E-state index contributed by atoms with van der Waals surface area (Å²) in [5.41, 5.74) is 2.85. The molecule has 0 aliphatic rings. The number of nitrogens with zero attached hydrogens (tertiary/aromatic N) is 1. The van der Waals surface area contributed by atoms with Gasteiger partial charge in [0.15, 0.2) is 0 Å². The molecule has 2 aromatic carbocycles. The highest BCUT2D eigenvalue weighted by Crippen LogP contribution is 2.15. The molecule has 5 nitrogen and oxygen atoms in total. The van der Waals surface area contributed by atoms with Gasteiger partial charge < -0.3 is 15.5 Å². The Hall–Kier alpha value is -2.82. The van der Waals surface area contributed by atoms with Gasteiger partial charge in [-0.1, -0.05) is 30.3 Å². The second-order valence-electron chi connectivity index (χ2n) is 5.74. The fraction of sp³-hybridized carbons (Fsp3) is 0.263. The molecule has 126 valence electrons. The summed E-state index contributed by atoms with van der Waals surface area (Å²) in [6.45, 7) is 0.473. The molecule has 0 aliphatic carbocycles. The van der Waals surface area contributed by atoms with E-state index in [1.165, 1.54) is 5.56 Å². The molecule has 0 atom stereocenters. The van der Waals surface area contributed by atoms with Crippen molar-refractivity contribution in [1.82, 2.24) is 5.32 Å². The van der Waals surface area contributed by atoms with E-state index in [9.17, 15) is 9.59 Å². The monoisotopic (exact) mass is 325 g/mol. The van der Waals surface area contributed by atoms with Gasteiger partial charge in [-0.3, -0.25) is 9.59 Å². The summed E-state index contributed by atoms with van der Waals surface area (Å²) in [5.74, 6) is -1.26. The van der Waals surface area contributed by atoms with Crippen molar-refractivity contribution in [2.75, 3.05) is 30.9 Å². The van der Waals surface area contributed by atoms with Crippen LogP contribution >= 0.6 is 0 Å². The van der Waals surface area contributed by atoms with Crippen LogP contribution in [0.4, 0.5) is 11.4 Å². The fourth-order valence-electron chi connectivity index (χ4n) is 2.25. The molecule has 0 bridgehead atoms. The smallest absolute Gasteiger partial charge is 0.313 e. The maximum Gasteiger partial charge on any atom is 0.313 e. The molecule has 0 heterocycles. The molecule has 0 spiro atoms. The molecule has 2 rings (SSSR count). The number of benzene rings is 2. The van der Waals surface area contributed by atoms with Crippen molar-refractivity contribution in [3.63, 3.8) is 0 Å². The quantitative estimate of drug-likeness (QED) is 0.633. The summed E-state index contributed by atoms with van der Waals surface area (Å²) in [5, 5.41) is 5.24. The van der Waals surface area contributed by atoms with Gasteiger partial charge in [0.2, 0.25) is 0 Å². The lowest BCUT2D eigenvalue weighted by atomic mass is 10.1. The van der Waals surface area contributed by atoms with Crippen LogP contribution in [0.3, 0.4) is 0 Å². The Labute approximate surface area is 142 Å². The predicted octanol–water partition coefficient (Wildman–Crippen LogP) is 2.44. The lowest BCUT2D eigenvalue weighted by molar-refractivity contribution is -0.136. The Morgan fingerprint density at radius 2 is 1.58 bits per heavy atom. The van der Waals surface area contributed by atoms with Crippen LogP contribution in [0.1, 0.15) is 12.0 Å². The van der Waals surface area contributed by atoms with Crippen molar-refractivity contribution < 1.29 is 9.59 Å². The summed E-state index contributed by atoms with van der Waals surface area (Å²) in [4.78, 5) is 25.6. The molecule has 0 unspecified atom stereocenters. The largest absolute Gasteiger partial charge is 0.378 e. The van der Waals surface area contributed by atoms with Crippen LogP contribution in [0.25, 0.3) is 0 Å². The molecule has 0 aliphatic heterocycles. The summed E-state index contributed by atoms with van der Waals surface area (Å²) < 4.78 is 0. The van der Waals surface area contributed by atoms with Crippen LogP contribution in [0.15, 0.2) is 54.6 Å². The Kier molecular flexibility index (Phi) is 6.37. The zero-order valence-corrected chi connectivity index (χ0v) is 14.1. The van der Waals surface area contributed by atoms with E-state index in [2.05, 4.69) is 10.6 Å². The number of carbonyl (C=O) groups is 2. The zero-order chi connectivity index (χ0) is 17.4. The van der Waals surface area contributed by atoms with Gasteiger partial charge in [0.1, 0.15) is 0 Å². The number of rotatable bonds is 6. The maximum atomic E-state index is 11.9. The van der Waals surface area contributed by atoms with Crippen molar-refractivity contribution in [2.45, 2.75) is 12.8 Å². The maximum absolute atomic E-state index is 11.9. The predicted molar refractivity (Wildman–Crippen MR) is 97.2 cm³/mol. The first-order valence-electron chi connectivity index (χ1n) is 7.97. The normalized spacial score (nSPS) is 10.1. The fourth-order valence-corrected chi connectivity index (χ4v) is 2.25. The topological polar surface area (TPSA) is 61.4 Å². The molecular weight excluding hydrogens is 302 g/mol. The highest BCUT2D eigenvalue weighted by Gasteiger charge is 2.12. The van der Waals surface area contributed by atoms with Crippen LogP contribution in [0, 0.1) is 0 Å². The first kappa shape index (κ1) is 17.5. The van der Waals surface area contributed by atoms with E-state index in [4.69, 9.17) is 0 Å². The average Bonchev–Trinajstić information content (AvgIpc) is 2.60. The van der Waals surface area contributed by atoms with Crippen molar-refractivity contribution in [3.05, 3.63) is 60.2 Å². The third-order valence-electron chi connectivity index (χ3n) is 3.62. The van der Waals surface area contributed by atoms with Crippen molar-refractivity contribution >= 4 is 23.2 Å². The highest BCUT2D eigenvalue weighted by molar-refractivity contribution is 6.39. The van der Waals surface area contributed by atoms with Crippen LogP contribution in [-0.4, -0.2) is 32.5 Å². The van der Waals surface area contributed by atoms with Crippen molar-refractivity contribution in [2.24, 2.45) is 0 Å². The van der Waals surface area contributed by atoms with E-state index in [-0.39, 0.29) is 0 Å². The summed E-state index contributed by atoms with van der Waals surface area (Å²) in [6.07, 6.45) is 1.66. The van der Waals surface area contributed by atoms with Crippen molar-refractivity contribution in [1.29, 1.82) is 0 Å². The summed E-state index contributed by atoms with van der Waals surface area (Å²) in [6, 6.07) is 17.4. The van der Waals surface area contributed by atoms with Gasteiger partial charge in [-0.2, -0.15) is 0 Å². The number of hydrogen-bond donors (Lipinski definition) is 2. The molecular formula is C19H23N3O2. The minimum atomic E-state index is -0.646. The molecule has 0 saturated carbocycles. The number of anilines is 2. The lowest BCUT2D eigenvalue weighted by Crippen LogP contribution is -2.36. The standard InChI is InChI=1S/C19H23N3O2/c1-22(2)17-12-10-16(11-13-17)21-19(24)18(23)20-14-6-9-15-7-4-3-5-8-15/h3-5,7-8,10-13H,6,9,14H2,1-2H3,(H,20,23)(H,21,24). The van der Waals surface area contributed by atoms with Crippen LogP contribution < -0.4 is 15.5 Å². The number of amides is 2. The van der Waals surface area contributed by atoms with E-state index < -0.39 is 11.8 Å². The summed E-state index contributed by atoms with van der Waals surface area (Å²) in [7, 11) is 3.88. The van der Waals surface area contributed by atoms with Gasteiger partial charge in [0, 0.05) is 32.0 Å². The number of hydrogen-bond acceptors (Lipinski definition) is 3. The van der Waals surface area contributed by atoms with Crippen molar-refractivity contribution in [3.8, 4) is 0 Å². The van der Waals surface area contributed by atoms with Gasteiger partial charge in [0.05, 0.1) is 0 Å². The van der Waals surface area contributed by atoms with E-state index in [1.54, 1.807) is 12.1 Å². The Morgan fingerprint density at radius 1 is 0.917 bits per heavy atom. The first-order valence-corrected chi connectivity index (χ1v) is 7.97. The molecule has 5 heteroatoms. The van der Waals surface area contributed by atoms with Gasteiger partial charge in [-0.05, 0) is 42.7 Å². The second-order valence-corrected chi connectivity index (χ2v) is 5.74. The Bertz CT molecular complexity index is 667. The molecule has 0 fully saturated rings. The van der Waals surface area contributed by atoms with E-state index in [1.807, 2.05) is 61.5 Å². The van der Waals surface area contributed by atoms with Crippen LogP contribution in [0.5, 0.6) is 0 Å². The van der Waals surface area contributed by atoms with Gasteiger partial charge >= 0.3 is 11.8 Å². The Balaban J connectivity index is 1.72. The minimum Gasteiger partial charge on any atom is -0.378 e. The zero-order valence-electron chi connectivity index (χ0n) is 14.1. The van der Waals surface area contributed by atoms with Crippen LogP contribution in [-0.2, 0) is 16.0 Å². The van der Waals surface area contributed by atoms with Gasteiger partial charge in [-0.25, -0.2) is 0 Å². The average molecular weight is 325 g/mol. The SMILES string of the molecule is CN(C)c1ccc(NC(=O)C(=O)NCCCc2ccccc2)cc1. The van der Waals surface area contributed by atoms with Gasteiger partial charge in [-0.15, -0.1) is 0 Å². The molecule has 2 aromatic rings. The minimum absolute atomic E-state index is 0.473. The van der Waals surface area contributed by atoms with E-state index in [0.717, 1.165) is 18.5 Å². The Morgan fingerprint density at radius 3 is 2.21 bits per heavy atom. The number of nitrogens with one attached hydrogen (secondary N) is 2. The summed E-state index contributed by atoms with van der Waals surface area (Å²) >= 11 is 0. The third-order valence-corrected chi connectivity index (χ3v) is 3.62.